The molecule has 10 nitrogen and oxygen atoms in total. The van der Waals surface area contributed by atoms with Crippen LogP contribution in [-0.2, 0) is 9.59 Å². The molecule has 2 rings (SSSR count). The SMILES string of the molecule is Cc1cc(C)n2c(SCCNCCO)nnc2n1.O=C(O)C(=O)O. The summed E-state index contributed by atoms with van der Waals surface area (Å²) in [5, 5.41) is 35.6. The van der Waals surface area contributed by atoms with Crippen LogP contribution in [0.25, 0.3) is 5.78 Å². The standard InChI is InChI=1S/C11H17N5OS.C2H2O4/c1-8-7-9(2)16-10(13-8)14-15-11(16)18-6-4-12-3-5-17;3-1(4)2(5)6/h7,12,17H,3-6H2,1-2H3;(H,3,4)(H,5,6). The van der Waals surface area contributed by atoms with Crippen molar-refractivity contribution in [2.75, 3.05) is 25.4 Å². The monoisotopic (exact) mass is 357 g/mol. The number of aliphatic hydroxyl groups is 1. The normalized spacial score (nSPS) is 10.3. The van der Waals surface area contributed by atoms with Crippen molar-refractivity contribution in [3.8, 4) is 0 Å². The molecule has 0 saturated heterocycles. The molecule has 0 unspecified atom stereocenters. The third-order valence-electron chi connectivity index (χ3n) is 2.64. The van der Waals surface area contributed by atoms with Crippen molar-refractivity contribution in [1.82, 2.24) is 24.9 Å². The molecule has 0 spiro atoms. The molecule has 2 aromatic heterocycles. The van der Waals surface area contributed by atoms with Gasteiger partial charge in [-0.15, -0.1) is 10.2 Å². The molecule has 0 aliphatic heterocycles. The number of aromatic nitrogens is 4. The molecule has 24 heavy (non-hydrogen) atoms. The Morgan fingerprint density at radius 3 is 2.46 bits per heavy atom. The van der Waals surface area contributed by atoms with E-state index in [1.54, 1.807) is 11.8 Å². The molecule has 2 heterocycles. The lowest BCUT2D eigenvalue weighted by Gasteiger charge is -2.04. The number of carbonyl (C=O) groups is 2. The number of fused-ring (bicyclic) bond motifs is 1. The van der Waals surface area contributed by atoms with Crippen LogP contribution in [0.5, 0.6) is 0 Å². The molecular weight excluding hydrogens is 338 g/mol. The Bertz CT molecular complexity index is 693. The van der Waals surface area contributed by atoms with Gasteiger partial charge in [0, 0.05) is 30.2 Å². The van der Waals surface area contributed by atoms with Gasteiger partial charge in [0.2, 0.25) is 0 Å². The second kappa shape index (κ2) is 9.80. The highest BCUT2D eigenvalue weighted by atomic mass is 32.2. The maximum atomic E-state index is 9.10. The molecule has 0 aliphatic carbocycles. The Labute approximate surface area is 141 Å². The highest BCUT2D eigenvalue weighted by Crippen LogP contribution is 2.17. The number of aliphatic hydroxyl groups excluding tert-OH is 1. The summed E-state index contributed by atoms with van der Waals surface area (Å²) >= 11 is 1.63. The number of nitrogens with zero attached hydrogens (tertiary/aromatic N) is 4. The zero-order valence-electron chi connectivity index (χ0n) is 13.3. The van der Waals surface area contributed by atoms with Gasteiger partial charge in [-0.3, -0.25) is 4.40 Å². The fourth-order valence-corrected chi connectivity index (χ4v) is 2.59. The van der Waals surface area contributed by atoms with Gasteiger partial charge in [-0.05, 0) is 19.9 Å². The maximum absolute atomic E-state index is 9.10. The predicted octanol–water partition coefficient (Wildman–Crippen LogP) is -0.429. The summed E-state index contributed by atoms with van der Waals surface area (Å²) in [6.07, 6.45) is 0. The van der Waals surface area contributed by atoms with Crippen LogP contribution in [-0.4, -0.2) is 72.3 Å². The number of nitrogens with one attached hydrogen (secondary N) is 1. The molecule has 0 aromatic carbocycles. The first-order valence-corrected chi connectivity index (χ1v) is 7.95. The van der Waals surface area contributed by atoms with E-state index in [1.165, 1.54) is 0 Å². The highest BCUT2D eigenvalue weighted by Gasteiger charge is 2.09. The zero-order chi connectivity index (χ0) is 18.1. The van der Waals surface area contributed by atoms with E-state index in [4.69, 9.17) is 24.9 Å². The summed E-state index contributed by atoms with van der Waals surface area (Å²) in [6.45, 7) is 5.60. The summed E-state index contributed by atoms with van der Waals surface area (Å²) in [4.78, 5) is 22.5. The summed E-state index contributed by atoms with van der Waals surface area (Å²) in [7, 11) is 0. The van der Waals surface area contributed by atoms with Gasteiger partial charge in [-0.2, -0.15) is 0 Å². The van der Waals surface area contributed by atoms with Crippen LogP contribution in [0.1, 0.15) is 11.4 Å². The summed E-state index contributed by atoms with van der Waals surface area (Å²) < 4.78 is 1.96. The fraction of sp³-hybridized carbons (Fsp3) is 0.462. The third kappa shape index (κ3) is 6.10. The van der Waals surface area contributed by atoms with Crippen LogP contribution in [0.2, 0.25) is 0 Å². The molecule has 2 aromatic rings. The van der Waals surface area contributed by atoms with Crippen molar-refractivity contribution < 1.29 is 24.9 Å². The molecule has 0 aliphatic rings. The Hall–Kier alpha value is -2.24. The second-order valence-electron chi connectivity index (χ2n) is 4.59. The van der Waals surface area contributed by atoms with Crippen molar-refractivity contribution in [2.24, 2.45) is 0 Å². The second-order valence-corrected chi connectivity index (χ2v) is 5.65. The largest absolute Gasteiger partial charge is 0.473 e. The van der Waals surface area contributed by atoms with Crippen molar-refractivity contribution in [3.63, 3.8) is 0 Å². The average molecular weight is 357 g/mol. The van der Waals surface area contributed by atoms with Gasteiger partial charge in [0.25, 0.3) is 5.78 Å². The molecule has 4 N–H and O–H groups in total. The molecule has 132 valence electrons. The predicted molar refractivity (Wildman–Crippen MR) is 86.2 cm³/mol. The molecule has 0 saturated carbocycles. The topological polar surface area (TPSA) is 150 Å². The lowest BCUT2D eigenvalue weighted by molar-refractivity contribution is -0.159. The third-order valence-corrected chi connectivity index (χ3v) is 3.58. The van der Waals surface area contributed by atoms with Crippen LogP contribution in [0.15, 0.2) is 11.2 Å². The van der Waals surface area contributed by atoms with Crippen LogP contribution in [0.3, 0.4) is 0 Å². The van der Waals surface area contributed by atoms with E-state index < -0.39 is 11.9 Å². The summed E-state index contributed by atoms with van der Waals surface area (Å²) in [6, 6.07) is 2.02. The minimum atomic E-state index is -1.82. The minimum Gasteiger partial charge on any atom is -0.473 e. The van der Waals surface area contributed by atoms with Crippen molar-refractivity contribution in [3.05, 3.63) is 17.5 Å². The zero-order valence-corrected chi connectivity index (χ0v) is 14.1. The van der Waals surface area contributed by atoms with E-state index in [1.807, 2.05) is 24.3 Å². The average Bonchev–Trinajstić information content (AvgIpc) is 2.90. The Balaban J connectivity index is 0.000000413. The van der Waals surface area contributed by atoms with Gasteiger partial charge < -0.3 is 20.6 Å². The van der Waals surface area contributed by atoms with Gasteiger partial charge in [-0.25, -0.2) is 14.6 Å². The smallest absolute Gasteiger partial charge is 0.414 e. The van der Waals surface area contributed by atoms with Crippen LogP contribution < -0.4 is 5.32 Å². The summed E-state index contributed by atoms with van der Waals surface area (Å²) in [5.74, 6) is -2.11. The van der Waals surface area contributed by atoms with Crippen molar-refractivity contribution in [2.45, 2.75) is 19.0 Å². The van der Waals surface area contributed by atoms with E-state index in [2.05, 4.69) is 20.5 Å². The minimum absolute atomic E-state index is 0.167. The van der Waals surface area contributed by atoms with Gasteiger partial charge in [-0.1, -0.05) is 11.8 Å². The molecule has 11 heteroatoms. The molecule has 0 bridgehead atoms. The van der Waals surface area contributed by atoms with Crippen LogP contribution in [0.4, 0.5) is 0 Å². The van der Waals surface area contributed by atoms with E-state index >= 15 is 0 Å². The van der Waals surface area contributed by atoms with Gasteiger partial charge in [0.05, 0.1) is 6.61 Å². The number of thioether (sulfide) groups is 1. The number of aryl methyl sites for hydroxylation is 2. The van der Waals surface area contributed by atoms with Crippen molar-refractivity contribution >= 4 is 29.5 Å². The summed E-state index contributed by atoms with van der Waals surface area (Å²) in [5.41, 5.74) is 2.04. The van der Waals surface area contributed by atoms with Crippen molar-refractivity contribution in [1.29, 1.82) is 0 Å². The number of carboxylic acids is 2. The van der Waals surface area contributed by atoms with E-state index in [9.17, 15) is 0 Å². The highest BCUT2D eigenvalue weighted by molar-refractivity contribution is 7.99. The van der Waals surface area contributed by atoms with E-state index in [-0.39, 0.29) is 6.61 Å². The Morgan fingerprint density at radius 2 is 1.88 bits per heavy atom. The maximum Gasteiger partial charge on any atom is 0.414 e. The Morgan fingerprint density at radius 1 is 1.21 bits per heavy atom. The number of rotatable bonds is 6. The lowest BCUT2D eigenvalue weighted by Crippen LogP contribution is -2.20. The first kappa shape index (κ1) is 19.8. The number of carboxylic acid groups (broad SMARTS) is 2. The van der Waals surface area contributed by atoms with Crippen LogP contribution >= 0.6 is 11.8 Å². The molecule has 0 fully saturated rings. The molecule has 0 atom stereocenters. The first-order valence-electron chi connectivity index (χ1n) is 6.96. The van der Waals surface area contributed by atoms with E-state index in [0.717, 1.165) is 28.8 Å². The number of hydrogen-bond acceptors (Lipinski definition) is 8. The first-order chi connectivity index (χ1) is 11.4. The number of aliphatic carboxylic acids is 2. The fourth-order valence-electron chi connectivity index (χ4n) is 1.71. The molecule has 0 amide bonds. The van der Waals surface area contributed by atoms with Gasteiger partial charge in [0.1, 0.15) is 0 Å². The van der Waals surface area contributed by atoms with E-state index in [0.29, 0.717) is 12.3 Å². The molecular formula is C13H19N5O5S. The number of hydrogen-bond donors (Lipinski definition) is 4. The lowest BCUT2D eigenvalue weighted by atomic mass is 10.3. The van der Waals surface area contributed by atoms with Gasteiger partial charge >= 0.3 is 11.9 Å². The Kier molecular flexibility index (Phi) is 8.09. The quantitative estimate of drug-likeness (QED) is 0.304. The van der Waals surface area contributed by atoms with Crippen LogP contribution in [0, 0.1) is 13.8 Å². The van der Waals surface area contributed by atoms with Gasteiger partial charge in [0.15, 0.2) is 5.16 Å². The molecule has 0 radical (unpaired) electrons.